The Morgan fingerprint density at radius 1 is 1.19 bits per heavy atom. The van der Waals surface area contributed by atoms with Crippen LogP contribution in [0.15, 0.2) is 30.9 Å². The molecule has 142 valence electrons. The second-order valence-corrected chi connectivity index (χ2v) is 6.94. The lowest BCUT2D eigenvalue weighted by molar-refractivity contribution is -0.0424. The Kier molecular flexibility index (Phi) is 4.69. The highest BCUT2D eigenvalue weighted by molar-refractivity contribution is 5.85. The molecular weight excluding hydrogens is 352 g/mol. The van der Waals surface area contributed by atoms with E-state index in [-0.39, 0.29) is 18.2 Å². The quantitative estimate of drug-likeness (QED) is 0.716. The molecule has 0 saturated carbocycles. The molecule has 27 heavy (non-hydrogen) atoms. The summed E-state index contributed by atoms with van der Waals surface area (Å²) in [5.41, 5.74) is 1.38. The lowest BCUT2D eigenvalue weighted by atomic mass is 10.0. The van der Waals surface area contributed by atoms with Crippen LogP contribution in [0.2, 0.25) is 0 Å². The van der Waals surface area contributed by atoms with E-state index in [0.29, 0.717) is 18.7 Å². The number of anilines is 1. The van der Waals surface area contributed by atoms with Crippen molar-refractivity contribution in [3.05, 3.63) is 42.1 Å². The summed E-state index contributed by atoms with van der Waals surface area (Å²) >= 11 is 0. The summed E-state index contributed by atoms with van der Waals surface area (Å²) in [6.45, 7) is 2.71. The van der Waals surface area contributed by atoms with E-state index in [1.165, 1.54) is 18.6 Å². The number of hydrogen-bond acceptors (Lipinski definition) is 6. The summed E-state index contributed by atoms with van der Waals surface area (Å²) in [6.07, 6.45) is 5.98. The van der Waals surface area contributed by atoms with Crippen LogP contribution in [-0.4, -0.2) is 55.7 Å². The number of piperidine rings is 1. The number of aromatic amines is 1. The largest absolute Gasteiger partial charge is 0.367 e. The van der Waals surface area contributed by atoms with Crippen LogP contribution in [0.25, 0.3) is 11.0 Å². The normalized spacial score (nSPS) is 16.7. The van der Waals surface area contributed by atoms with Gasteiger partial charge in [0.2, 0.25) is 0 Å². The monoisotopic (exact) mass is 373 g/mol. The molecule has 2 N–H and O–H groups in total. The van der Waals surface area contributed by atoms with Gasteiger partial charge in [-0.25, -0.2) is 9.97 Å². The summed E-state index contributed by atoms with van der Waals surface area (Å²) < 4.78 is 29.1. The standard InChI is InChI=1S/C18H21F2N7/c1-12-2-3-13(8-21-12)18(19,20)10-27-6-4-14(5-7-27)25-16-15-9-24-26-17(15)23-11-22-16/h2-3,8-9,11,14H,4-7,10H2,1H3,(H2,22,23,24,25,26). The number of likely N-dealkylation sites (tertiary alicyclic amines) is 1. The van der Waals surface area contributed by atoms with E-state index < -0.39 is 5.92 Å². The summed E-state index contributed by atoms with van der Waals surface area (Å²) in [5.74, 6) is -2.18. The van der Waals surface area contributed by atoms with E-state index in [0.717, 1.165) is 29.7 Å². The number of aryl methyl sites for hydroxylation is 1. The van der Waals surface area contributed by atoms with Gasteiger partial charge in [0.15, 0.2) is 5.65 Å². The number of fused-ring (bicyclic) bond motifs is 1. The topological polar surface area (TPSA) is 82.6 Å². The zero-order valence-corrected chi connectivity index (χ0v) is 15.0. The predicted octanol–water partition coefficient (Wildman–Crippen LogP) is 2.72. The van der Waals surface area contributed by atoms with Gasteiger partial charge in [-0.15, -0.1) is 0 Å². The molecule has 0 radical (unpaired) electrons. The van der Waals surface area contributed by atoms with E-state index in [9.17, 15) is 8.78 Å². The number of halogens is 2. The maximum absolute atomic E-state index is 14.5. The first-order valence-corrected chi connectivity index (χ1v) is 8.95. The summed E-state index contributed by atoms with van der Waals surface area (Å²) in [7, 11) is 0. The SMILES string of the molecule is Cc1ccc(C(F)(F)CN2CCC(Nc3ncnc4[nH]ncc34)CC2)cn1. The van der Waals surface area contributed by atoms with Crippen LogP contribution in [0.3, 0.4) is 0 Å². The molecule has 9 heteroatoms. The third-order valence-corrected chi connectivity index (χ3v) is 4.93. The highest BCUT2D eigenvalue weighted by Crippen LogP contribution is 2.30. The van der Waals surface area contributed by atoms with Gasteiger partial charge in [0.05, 0.1) is 18.1 Å². The first-order valence-electron chi connectivity index (χ1n) is 8.95. The Morgan fingerprint density at radius 3 is 2.74 bits per heavy atom. The first kappa shape index (κ1) is 17.7. The van der Waals surface area contributed by atoms with Crippen molar-refractivity contribution in [2.24, 2.45) is 0 Å². The van der Waals surface area contributed by atoms with Gasteiger partial charge in [0.1, 0.15) is 12.1 Å². The number of nitrogens with one attached hydrogen (secondary N) is 2. The van der Waals surface area contributed by atoms with Gasteiger partial charge in [-0.05, 0) is 31.9 Å². The zero-order chi connectivity index (χ0) is 18.9. The van der Waals surface area contributed by atoms with E-state index in [2.05, 4.69) is 30.5 Å². The van der Waals surface area contributed by atoms with Gasteiger partial charge in [-0.2, -0.15) is 13.9 Å². The van der Waals surface area contributed by atoms with Crippen molar-refractivity contribution in [3.8, 4) is 0 Å². The summed E-state index contributed by atoms with van der Waals surface area (Å²) in [4.78, 5) is 14.2. The van der Waals surface area contributed by atoms with Crippen LogP contribution in [0, 0.1) is 6.92 Å². The molecule has 3 aromatic rings. The van der Waals surface area contributed by atoms with Crippen molar-refractivity contribution < 1.29 is 8.78 Å². The average molecular weight is 373 g/mol. The number of H-pyrrole nitrogens is 1. The molecule has 0 unspecified atom stereocenters. The van der Waals surface area contributed by atoms with Crippen molar-refractivity contribution in [3.63, 3.8) is 0 Å². The summed E-state index contributed by atoms with van der Waals surface area (Å²) in [6, 6.07) is 3.27. The van der Waals surface area contributed by atoms with Crippen LogP contribution < -0.4 is 5.32 Å². The maximum Gasteiger partial charge on any atom is 0.287 e. The third-order valence-electron chi connectivity index (χ3n) is 4.93. The smallest absolute Gasteiger partial charge is 0.287 e. The number of pyridine rings is 1. The van der Waals surface area contributed by atoms with Crippen molar-refractivity contribution >= 4 is 16.9 Å². The van der Waals surface area contributed by atoms with Crippen LogP contribution in [0.1, 0.15) is 24.1 Å². The molecule has 0 bridgehead atoms. The second kappa shape index (κ2) is 7.15. The van der Waals surface area contributed by atoms with Crippen molar-refractivity contribution in [1.82, 2.24) is 30.0 Å². The molecule has 4 heterocycles. The molecule has 0 aliphatic carbocycles. The average Bonchev–Trinajstić information content (AvgIpc) is 3.13. The predicted molar refractivity (Wildman–Crippen MR) is 97.6 cm³/mol. The molecule has 0 aromatic carbocycles. The van der Waals surface area contributed by atoms with Crippen molar-refractivity contribution in [2.75, 3.05) is 25.0 Å². The van der Waals surface area contributed by atoms with Crippen LogP contribution in [0.4, 0.5) is 14.6 Å². The van der Waals surface area contributed by atoms with Gasteiger partial charge >= 0.3 is 0 Å². The number of rotatable bonds is 5. The zero-order valence-electron chi connectivity index (χ0n) is 15.0. The van der Waals surface area contributed by atoms with Gasteiger partial charge in [0, 0.05) is 36.6 Å². The molecule has 0 atom stereocenters. The Balaban J connectivity index is 1.35. The molecule has 0 amide bonds. The Labute approximate surface area is 155 Å². The minimum Gasteiger partial charge on any atom is -0.367 e. The minimum absolute atomic E-state index is 0.0308. The van der Waals surface area contributed by atoms with Crippen LogP contribution >= 0.6 is 0 Å². The number of alkyl halides is 2. The van der Waals surface area contributed by atoms with E-state index in [1.807, 2.05) is 4.90 Å². The molecule has 0 spiro atoms. The Bertz CT molecular complexity index is 901. The molecule has 4 rings (SSSR count). The number of aromatic nitrogens is 5. The first-order chi connectivity index (χ1) is 13.0. The van der Waals surface area contributed by atoms with Gasteiger partial charge in [-0.3, -0.25) is 15.0 Å². The number of nitrogens with zero attached hydrogens (tertiary/aromatic N) is 5. The Morgan fingerprint density at radius 2 is 2.00 bits per heavy atom. The molecular formula is C18H21F2N7. The number of hydrogen-bond donors (Lipinski definition) is 2. The highest BCUT2D eigenvalue weighted by Gasteiger charge is 2.35. The highest BCUT2D eigenvalue weighted by atomic mass is 19.3. The third kappa shape index (κ3) is 3.87. The van der Waals surface area contributed by atoms with E-state index in [1.54, 1.807) is 19.2 Å². The van der Waals surface area contributed by atoms with Gasteiger partial charge < -0.3 is 5.32 Å². The lowest BCUT2D eigenvalue weighted by Gasteiger charge is -2.34. The summed E-state index contributed by atoms with van der Waals surface area (Å²) in [5, 5.41) is 11.0. The molecule has 1 saturated heterocycles. The minimum atomic E-state index is -2.91. The van der Waals surface area contributed by atoms with E-state index >= 15 is 0 Å². The van der Waals surface area contributed by atoms with Crippen molar-refractivity contribution in [2.45, 2.75) is 31.7 Å². The fraction of sp³-hybridized carbons (Fsp3) is 0.444. The van der Waals surface area contributed by atoms with Crippen molar-refractivity contribution in [1.29, 1.82) is 0 Å². The lowest BCUT2D eigenvalue weighted by Crippen LogP contribution is -2.43. The maximum atomic E-state index is 14.5. The second-order valence-electron chi connectivity index (χ2n) is 6.94. The molecule has 7 nitrogen and oxygen atoms in total. The van der Waals surface area contributed by atoms with Gasteiger partial charge in [-0.1, -0.05) is 0 Å². The fourth-order valence-electron chi connectivity index (χ4n) is 3.36. The van der Waals surface area contributed by atoms with Crippen LogP contribution in [0.5, 0.6) is 0 Å². The molecule has 1 fully saturated rings. The molecule has 1 aliphatic heterocycles. The molecule has 3 aromatic heterocycles. The van der Waals surface area contributed by atoms with Crippen LogP contribution in [-0.2, 0) is 5.92 Å². The molecule has 1 aliphatic rings. The van der Waals surface area contributed by atoms with E-state index in [4.69, 9.17) is 0 Å². The fourth-order valence-corrected chi connectivity index (χ4v) is 3.36. The van der Waals surface area contributed by atoms with Gasteiger partial charge in [0.25, 0.3) is 5.92 Å². The Hall–Kier alpha value is -2.68.